The zero-order chi connectivity index (χ0) is 11.7. The quantitative estimate of drug-likeness (QED) is 0.612. The van der Waals surface area contributed by atoms with E-state index in [1.54, 1.807) is 7.11 Å². The molecule has 0 radical (unpaired) electrons. The zero-order valence-electron chi connectivity index (χ0n) is 10.4. The van der Waals surface area contributed by atoms with Crippen LogP contribution >= 0.6 is 0 Å². The Bertz CT molecular complexity index is 174. The highest BCUT2D eigenvalue weighted by atomic mass is 16.5. The standard InChI is InChI=1S/C11H24N2O2/c1-5-13(10(2)9-15-4)11(14)7-6-8-12-3/h10,12H,5-9H2,1-4H3. The topological polar surface area (TPSA) is 41.6 Å². The fourth-order valence-corrected chi connectivity index (χ4v) is 1.63. The van der Waals surface area contributed by atoms with Crippen LogP contribution < -0.4 is 5.32 Å². The monoisotopic (exact) mass is 216 g/mol. The summed E-state index contributed by atoms with van der Waals surface area (Å²) in [4.78, 5) is 13.7. The molecule has 1 unspecified atom stereocenters. The Kier molecular flexibility index (Phi) is 8.33. The van der Waals surface area contributed by atoms with Gasteiger partial charge >= 0.3 is 0 Å². The molecule has 0 rings (SSSR count). The Morgan fingerprint density at radius 1 is 1.53 bits per heavy atom. The summed E-state index contributed by atoms with van der Waals surface area (Å²) in [5, 5.41) is 3.04. The molecule has 0 aromatic carbocycles. The van der Waals surface area contributed by atoms with Crippen LogP contribution in [0.2, 0.25) is 0 Å². The summed E-state index contributed by atoms with van der Waals surface area (Å²) in [7, 11) is 3.56. The van der Waals surface area contributed by atoms with Crippen LogP contribution in [0.5, 0.6) is 0 Å². The van der Waals surface area contributed by atoms with Crippen molar-refractivity contribution in [3.63, 3.8) is 0 Å². The van der Waals surface area contributed by atoms with Gasteiger partial charge in [0.25, 0.3) is 0 Å². The second-order valence-electron chi connectivity index (χ2n) is 3.69. The van der Waals surface area contributed by atoms with Crippen LogP contribution in [-0.4, -0.2) is 50.7 Å². The number of ether oxygens (including phenoxy) is 1. The Hall–Kier alpha value is -0.610. The van der Waals surface area contributed by atoms with Crippen molar-refractivity contribution in [3.8, 4) is 0 Å². The molecule has 0 bridgehead atoms. The van der Waals surface area contributed by atoms with E-state index in [-0.39, 0.29) is 11.9 Å². The minimum atomic E-state index is 0.169. The lowest BCUT2D eigenvalue weighted by Gasteiger charge is -2.27. The first-order valence-electron chi connectivity index (χ1n) is 5.60. The van der Waals surface area contributed by atoms with Gasteiger partial charge < -0.3 is 15.0 Å². The maximum Gasteiger partial charge on any atom is 0.222 e. The summed E-state index contributed by atoms with van der Waals surface area (Å²) in [5.74, 6) is 0.220. The molecule has 1 N–H and O–H groups in total. The normalized spacial score (nSPS) is 12.5. The summed E-state index contributed by atoms with van der Waals surface area (Å²) < 4.78 is 5.06. The molecule has 15 heavy (non-hydrogen) atoms. The van der Waals surface area contributed by atoms with Crippen molar-refractivity contribution in [1.82, 2.24) is 10.2 Å². The molecule has 0 heterocycles. The molecule has 0 aliphatic carbocycles. The number of amides is 1. The molecule has 0 saturated heterocycles. The number of carbonyl (C=O) groups excluding carboxylic acids is 1. The van der Waals surface area contributed by atoms with Crippen LogP contribution in [-0.2, 0) is 9.53 Å². The first kappa shape index (κ1) is 14.4. The Morgan fingerprint density at radius 3 is 2.67 bits per heavy atom. The van der Waals surface area contributed by atoms with Crippen molar-refractivity contribution in [2.75, 3.05) is 33.9 Å². The van der Waals surface area contributed by atoms with Gasteiger partial charge in [-0.05, 0) is 33.9 Å². The molecule has 4 heteroatoms. The van der Waals surface area contributed by atoms with Gasteiger partial charge in [-0.2, -0.15) is 0 Å². The molecular formula is C11H24N2O2. The van der Waals surface area contributed by atoms with E-state index in [1.165, 1.54) is 0 Å². The predicted octanol–water partition coefficient (Wildman–Crippen LogP) is 0.869. The highest BCUT2D eigenvalue weighted by molar-refractivity contribution is 5.76. The summed E-state index contributed by atoms with van der Waals surface area (Å²) in [6, 6.07) is 0.169. The minimum absolute atomic E-state index is 0.169. The summed E-state index contributed by atoms with van der Waals surface area (Å²) >= 11 is 0. The number of nitrogens with zero attached hydrogens (tertiary/aromatic N) is 1. The zero-order valence-corrected chi connectivity index (χ0v) is 10.4. The number of rotatable bonds is 8. The molecule has 0 saturated carbocycles. The second-order valence-corrected chi connectivity index (χ2v) is 3.69. The molecule has 0 aromatic heterocycles. The van der Waals surface area contributed by atoms with Gasteiger partial charge in [0, 0.05) is 20.1 Å². The average Bonchev–Trinajstić information content (AvgIpc) is 2.19. The van der Waals surface area contributed by atoms with Gasteiger partial charge in [-0.1, -0.05) is 0 Å². The molecule has 90 valence electrons. The number of likely N-dealkylation sites (N-methyl/N-ethyl adjacent to an activating group) is 1. The van der Waals surface area contributed by atoms with Crippen LogP contribution in [0.3, 0.4) is 0 Å². The van der Waals surface area contributed by atoms with E-state index in [4.69, 9.17) is 4.74 Å². The van der Waals surface area contributed by atoms with Crippen molar-refractivity contribution < 1.29 is 9.53 Å². The van der Waals surface area contributed by atoms with E-state index in [9.17, 15) is 4.79 Å². The largest absolute Gasteiger partial charge is 0.383 e. The van der Waals surface area contributed by atoms with E-state index >= 15 is 0 Å². The number of hydrogen-bond acceptors (Lipinski definition) is 3. The molecule has 0 fully saturated rings. The molecule has 4 nitrogen and oxygen atoms in total. The second kappa shape index (κ2) is 8.68. The third-order valence-corrected chi connectivity index (χ3v) is 2.42. The van der Waals surface area contributed by atoms with Crippen LogP contribution in [0.4, 0.5) is 0 Å². The van der Waals surface area contributed by atoms with Crippen molar-refractivity contribution in [2.45, 2.75) is 32.7 Å². The molecule has 1 amide bonds. The summed E-state index contributed by atoms with van der Waals surface area (Å²) in [6.07, 6.45) is 1.51. The van der Waals surface area contributed by atoms with Crippen LogP contribution in [0.15, 0.2) is 0 Å². The molecule has 0 aliphatic rings. The number of nitrogens with one attached hydrogen (secondary N) is 1. The molecule has 0 aromatic rings. The lowest BCUT2D eigenvalue weighted by atomic mass is 10.2. The van der Waals surface area contributed by atoms with Crippen molar-refractivity contribution in [2.24, 2.45) is 0 Å². The van der Waals surface area contributed by atoms with Gasteiger partial charge in [-0.3, -0.25) is 4.79 Å². The van der Waals surface area contributed by atoms with E-state index in [0.717, 1.165) is 19.5 Å². The fourth-order valence-electron chi connectivity index (χ4n) is 1.63. The van der Waals surface area contributed by atoms with Gasteiger partial charge in [0.05, 0.1) is 12.6 Å². The van der Waals surface area contributed by atoms with Gasteiger partial charge in [0.2, 0.25) is 5.91 Å². The fraction of sp³-hybridized carbons (Fsp3) is 0.909. The Balaban J connectivity index is 3.97. The van der Waals surface area contributed by atoms with Crippen LogP contribution in [0.1, 0.15) is 26.7 Å². The van der Waals surface area contributed by atoms with E-state index in [0.29, 0.717) is 13.0 Å². The highest BCUT2D eigenvalue weighted by Gasteiger charge is 2.17. The highest BCUT2D eigenvalue weighted by Crippen LogP contribution is 2.04. The van der Waals surface area contributed by atoms with E-state index in [2.05, 4.69) is 5.32 Å². The van der Waals surface area contributed by atoms with E-state index < -0.39 is 0 Å². The minimum Gasteiger partial charge on any atom is -0.383 e. The van der Waals surface area contributed by atoms with Gasteiger partial charge in [0.15, 0.2) is 0 Å². The SMILES string of the molecule is CCN(C(=O)CCCNC)C(C)COC. The average molecular weight is 216 g/mol. The third-order valence-electron chi connectivity index (χ3n) is 2.42. The molecule has 1 atom stereocenters. The summed E-state index contributed by atoms with van der Waals surface area (Å²) in [5.41, 5.74) is 0. The van der Waals surface area contributed by atoms with Crippen LogP contribution in [0, 0.1) is 0 Å². The third kappa shape index (κ3) is 5.74. The lowest BCUT2D eigenvalue weighted by molar-refractivity contribution is -0.134. The summed E-state index contributed by atoms with van der Waals surface area (Å²) in [6.45, 7) is 6.27. The Morgan fingerprint density at radius 2 is 2.20 bits per heavy atom. The maximum atomic E-state index is 11.8. The molecular weight excluding hydrogens is 192 g/mol. The van der Waals surface area contributed by atoms with Crippen LogP contribution in [0.25, 0.3) is 0 Å². The van der Waals surface area contributed by atoms with Gasteiger partial charge in [-0.15, -0.1) is 0 Å². The molecule has 0 aliphatic heterocycles. The Labute approximate surface area is 93.0 Å². The van der Waals surface area contributed by atoms with Crippen molar-refractivity contribution >= 4 is 5.91 Å². The van der Waals surface area contributed by atoms with Crippen molar-refractivity contribution in [3.05, 3.63) is 0 Å². The van der Waals surface area contributed by atoms with Crippen molar-refractivity contribution in [1.29, 1.82) is 0 Å². The number of methoxy groups -OCH3 is 1. The van der Waals surface area contributed by atoms with Gasteiger partial charge in [-0.25, -0.2) is 0 Å². The van der Waals surface area contributed by atoms with E-state index in [1.807, 2.05) is 25.8 Å². The molecule has 0 spiro atoms. The lowest BCUT2D eigenvalue weighted by Crippen LogP contribution is -2.41. The van der Waals surface area contributed by atoms with Gasteiger partial charge in [0.1, 0.15) is 0 Å². The first-order chi connectivity index (χ1) is 7.17. The predicted molar refractivity (Wildman–Crippen MR) is 61.9 cm³/mol. The first-order valence-corrected chi connectivity index (χ1v) is 5.60. The maximum absolute atomic E-state index is 11.8. The smallest absolute Gasteiger partial charge is 0.222 e. The number of hydrogen-bond donors (Lipinski definition) is 1. The number of carbonyl (C=O) groups is 1.